The SMILES string of the molecule is COC(=O)[C@@]1(O)C[C@@H](O)[C@H](O)[C@@H](CO)O1. The molecule has 7 heteroatoms. The van der Waals surface area contributed by atoms with Crippen molar-refractivity contribution >= 4 is 5.97 Å². The summed E-state index contributed by atoms with van der Waals surface area (Å²) in [4.78, 5) is 11.1. The Kier molecular flexibility index (Phi) is 3.63. The molecule has 1 aliphatic heterocycles. The van der Waals surface area contributed by atoms with Crippen LogP contribution in [0.2, 0.25) is 0 Å². The number of carbonyl (C=O) groups excluding carboxylic acids is 1. The second-order valence-electron chi connectivity index (χ2n) is 3.38. The Balaban J connectivity index is 2.82. The zero-order valence-corrected chi connectivity index (χ0v) is 8.16. The molecule has 1 aliphatic rings. The summed E-state index contributed by atoms with van der Waals surface area (Å²) in [6.07, 6.45) is -4.44. The lowest BCUT2D eigenvalue weighted by Crippen LogP contribution is -2.59. The standard InChI is InChI=1S/C8H14O7/c1-14-7(12)8(13)2-4(10)6(11)5(3-9)15-8/h4-6,9-11,13H,2-3H2,1H3/t4-,5-,6+,8-/m1/s1. The molecule has 0 saturated carbocycles. The van der Waals surface area contributed by atoms with Gasteiger partial charge in [0.2, 0.25) is 0 Å². The average Bonchev–Trinajstić information content (AvgIpc) is 2.22. The van der Waals surface area contributed by atoms with Crippen molar-refractivity contribution in [1.29, 1.82) is 0 Å². The molecule has 0 amide bonds. The van der Waals surface area contributed by atoms with Crippen molar-refractivity contribution in [2.24, 2.45) is 0 Å². The number of esters is 1. The molecule has 0 aromatic carbocycles. The highest BCUT2D eigenvalue weighted by Gasteiger charge is 2.50. The molecule has 0 aromatic heterocycles. The maximum absolute atomic E-state index is 11.1. The number of rotatable bonds is 2. The Bertz CT molecular complexity index is 243. The molecule has 1 fully saturated rings. The molecule has 0 unspecified atom stereocenters. The van der Waals surface area contributed by atoms with Gasteiger partial charge in [-0.3, -0.25) is 0 Å². The molecule has 0 bridgehead atoms. The quantitative estimate of drug-likeness (QED) is 0.377. The van der Waals surface area contributed by atoms with E-state index in [-0.39, 0.29) is 0 Å². The Morgan fingerprint density at radius 1 is 1.60 bits per heavy atom. The zero-order valence-electron chi connectivity index (χ0n) is 8.16. The molecule has 1 heterocycles. The number of methoxy groups -OCH3 is 1. The van der Waals surface area contributed by atoms with Gasteiger partial charge in [-0.15, -0.1) is 0 Å². The molecule has 0 spiro atoms. The van der Waals surface area contributed by atoms with Crippen molar-refractivity contribution < 1.29 is 34.7 Å². The summed E-state index contributed by atoms with van der Waals surface area (Å²) >= 11 is 0. The summed E-state index contributed by atoms with van der Waals surface area (Å²) in [5.74, 6) is -3.40. The monoisotopic (exact) mass is 222 g/mol. The van der Waals surface area contributed by atoms with Gasteiger partial charge in [0.05, 0.1) is 19.8 Å². The highest BCUT2D eigenvalue weighted by Crippen LogP contribution is 2.28. The Morgan fingerprint density at radius 2 is 2.20 bits per heavy atom. The van der Waals surface area contributed by atoms with E-state index in [1.54, 1.807) is 0 Å². The molecular weight excluding hydrogens is 208 g/mol. The van der Waals surface area contributed by atoms with E-state index in [9.17, 15) is 20.1 Å². The van der Waals surface area contributed by atoms with Gasteiger partial charge in [-0.2, -0.15) is 0 Å². The van der Waals surface area contributed by atoms with E-state index in [0.717, 1.165) is 7.11 Å². The molecular formula is C8H14O7. The lowest BCUT2D eigenvalue weighted by Gasteiger charge is -2.39. The van der Waals surface area contributed by atoms with Crippen LogP contribution in [-0.2, 0) is 14.3 Å². The summed E-state index contributed by atoms with van der Waals surface area (Å²) in [7, 11) is 1.05. The van der Waals surface area contributed by atoms with E-state index >= 15 is 0 Å². The third kappa shape index (κ3) is 2.27. The molecule has 15 heavy (non-hydrogen) atoms. The Labute approximate surface area is 85.9 Å². The van der Waals surface area contributed by atoms with Gasteiger partial charge in [-0.1, -0.05) is 0 Å². The van der Waals surface area contributed by atoms with Gasteiger partial charge in [0.25, 0.3) is 5.79 Å². The first-order valence-corrected chi connectivity index (χ1v) is 4.40. The predicted molar refractivity (Wildman–Crippen MR) is 45.6 cm³/mol. The number of hydrogen-bond acceptors (Lipinski definition) is 7. The van der Waals surface area contributed by atoms with Crippen LogP contribution in [0.4, 0.5) is 0 Å². The van der Waals surface area contributed by atoms with E-state index in [2.05, 4.69) is 4.74 Å². The fourth-order valence-electron chi connectivity index (χ4n) is 1.46. The molecule has 4 atom stereocenters. The van der Waals surface area contributed by atoms with E-state index in [1.165, 1.54) is 0 Å². The first-order valence-electron chi connectivity index (χ1n) is 4.40. The third-order valence-corrected chi connectivity index (χ3v) is 2.29. The van der Waals surface area contributed by atoms with Gasteiger partial charge in [0, 0.05) is 6.42 Å². The first-order chi connectivity index (χ1) is 6.94. The van der Waals surface area contributed by atoms with Crippen LogP contribution in [0.25, 0.3) is 0 Å². The predicted octanol–water partition coefficient (Wildman–Crippen LogP) is -2.65. The van der Waals surface area contributed by atoms with Crippen molar-refractivity contribution in [3.8, 4) is 0 Å². The number of hydrogen-bond donors (Lipinski definition) is 4. The van der Waals surface area contributed by atoms with Crippen LogP contribution in [0.3, 0.4) is 0 Å². The van der Waals surface area contributed by atoms with E-state index in [4.69, 9.17) is 9.84 Å². The highest BCUT2D eigenvalue weighted by molar-refractivity contribution is 5.77. The second-order valence-corrected chi connectivity index (χ2v) is 3.38. The van der Waals surface area contributed by atoms with Gasteiger partial charge in [0.1, 0.15) is 12.2 Å². The average molecular weight is 222 g/mol. The van der Waals surface area contributed by atoms with Crippen molar-refractivity contribution in [1.82, 2.24) is 0 Å². The Morgan fingerprint density at radius 3 is 2.67 bits per heavy atom. The smallest absolute Gasteiger partial charge is 0.366 e. The number of ether oxygens (including phenoxy) is 2. The van der Waals surface area contributed by atoms with Crippen molar-refractivity contribution in [3.63, 3.8) is 0 Å². The van der Waals surface area contributed by atoms with Gasteiger partial charge in [0.15, 0.2) is 0 Å². The fraction of sp³-hybridized carbons (Fsp3) is 0.875. The molecule has 7 nitrogen and oxygen atoms in total. The molecule has 88 valence electrons. The number of carbonyl (C=O) groups is 1. The maximum Gasteiger partial charge on any atom is 0.366 e. The summed E-state index contributed by atoms with van der Waals surface area (Å²) < 4.78 is 9.06. The van der Waals surface area contributed by atoms with Crippen LogP contribution in [0, 0.1) is 0 Å². The number of aliphatic hydroxyl groups excluding tert-OH is 3. The van der Waals surface area contributed by atoms with Crippen molar-refractivity contribution in [2.45, 2.75) is 30.5 Å². The minimum Gasteiger partial charge on any atom is -0.465 e. The van der Waals surface area contributed by atoms with Crippen molar-refractivity contribution in [2.75, 3.05) is 13.7 Å². The zero-order chi connectivity index (χ0) is 11.6. The molecule has 0 radical (unpaired) electrons. The van der Waals surface area contributed by atoms with Gasteiger partial charge in [-0.25, -0.2) is 4.79 Å². The summed E-state index contributed by atoms with van der Waals surface area (Å²) in [6.45, 7) is -0.627. The van der Waals surface area contributed by atoms with Gasteiger partial charge in [-0.05, 0) is 0 Å². The van der Waals surface area contributed by atoms with E-state index in [1.807, 2.05) is 0 Å². The van der Waals surface area contributed by atoms with Crippen LogP contribution in [0.5, 0.6) is 0 Å². The summed E-state index contributed by atoms with van der Waals surface area (Å²) in [5, 5.41) is 37.1. The van der Waals surface area contributed by atoms with Crippen LogP contribution >= 0.6 is 0 Å². The molecule has 0 aliphatic carbocycles. The first kappa shape index (κ1) is 12.3. The van der Waals surface area contributed by atoms with Crippen LogP contribution in [0.15, 0.2) is 0 Å². The van der Waals surface area contributed by atoms with Gasteiger partial charge < -0.3 is 29.9 Å². The molecule has 1 saturated heterocycles. The van der Waals surface area contributed by atoms with Crippen LogP contribution in [-0.4, -0.2) is 64.2 Å². The normalized spacial score (nSPS) is 41.3. The number of aliphatic hydroxyl groups is 4. The highest BCUT2D eigenvalue weighted by atomic mass is 16.7. The summed E-state index contributed by atoms with van der Waals surface area (Å²) in [6, 6.07) is 0. The maximum atomic E-state index is 11.1. The second kappa shape index (κ2) is 4.42. The minimum atomic E-state index is -2.32. The van der Waals surface area contributed by atoms with Crippen molar-refractivity contribution in [3.05, 3.63) is 0 Å². The largest absolute Gasteiger partial charge is 0.465 e. The van der Waals surface area contributed by atoms with Crippen LogP contribution in [0.1, 0.15) is 6.42 Å². The lowest BCUT2D eigenvalue weighted by atomic mass is 9.96. The lowest BCUT2D eigenvalue weighted by molar-refractivity contribution is -0.299. The van der Waals surface area contributed by atoms with E-state index < -0.39 is 43.1 Å². The summed E-state index contributed by atoms with van der Waals surface area (Å²) in [5.41, 5.74) is 0. The molecule has 4 N–H and O–H groups in total. The van der Waals surface area contributed by atoms with Gasteiger partial charge >= 0.3 is 5.97 Å². The molecule has 1 rings (SSSR count). The Hall–Kier alpha value is -0.730. The topological polar surface area (TPSA) is 116 Å². The third-order valence-electron chi connectivity index (χ3n) is 2.29. The van der Waals surface area contributed by atoms with Crippen LogP contribution < -0.4 is 0 Å². The van der Waals surface area contributed by atoms with E-state index in [0.29, 0.717) is 0 Å². The molecule has 0 aromatic rings. The minimum absolute atomic E-state index is 0.503. The fourth-order valence-corrected chi connectivity index (χ4v) is 1.46.